The molecule has 0 aliphatic rings. The minimum atomic E-state index is 0.876. The van der Waals surface area contributed by atoms with Crippen LogP contribution in [0.25, 0.3) is 5.70 Å². The van der Waals surface area contributed by atoms with Crippen molar-refractivity contribution in [3.05, 3.63) is 26.9 Å². The first-order chi connectivity index (χ1) is 6.06. The van der Waals surface area contributed by atoms with Gasteiger partial charge in [-0.05, 0) is 34.5 Å². The summed E-state index contributed by atoms with van der Waals surface area (Å²) < 4.78 is 1.15. The number of nitrogens with zero attached hydrogens (tertiary/aromatic N) is 1. The summed E-state index contributed by atoms with van der Waals surface area (Å²) in [5.41, 5.74) is 2.10. The number of rotatable bonds is 3. The molecule has 0 aromatic carbocycles. The second kappa shape index (κ2) is 4.26. The molecule has 0 atom stereocenters. The van der Waals surface area contributed by atoms with Crippen LogP contribution in [-0.4, -0.2) is 19.2 Å². The molecule has 0 aliphatic carbocycles. The molecule has 0 aliphatic heterocycles. The van der Waals surface area contributed by atoms with Crippen LogP contribution in [0, 0.1) is 6.92 Å². The predicted octanol–water partition coefficient (Wildman–Crippen LogP) is 3.28. The summed E-state index contributed by atoms with van der Waals surface area (Å²) in [7, 11) is 3.46. The molecule has 0 saturated carbocycles. The highest BCUT2D eigenvalue weighted by molar-refractivity contribution is 9.11. The van der Waals surface area contributed by atoms with Crippen LogP contribution in [-0.2, 0) is 4.84 Å². The van der Waals surface area contributed by atoms with Crippen molar-refractivity contribution >= 4 is 33.0 Å². The zero-order valence-corrected chi connectivity index (χ0v) is 10.3. The van der Waals surface area contributed by atoms with E-state index in [0.29, 0.717) is 0 Å². The minimum absolute atomic E-state index is 0.876. The molecule has 0 fully saturated rings. The molecule has 0 amide bonds. The standard InChI is InChI=1S/C9H12BrNOS/c1-6-5-8(13-9(6)10)7(2)11(3)12-4/h5H,2H2,1,3-4H3. The summed E-state index contributed by atoms with van der Waals surface area (Å²) in [4.78, 5) is 6.16. The Bertz CT molecular complexity index is 302. The molecular weight excluding hydrogens is 250 g/mol. The zero-order valence-electron chi connectivity index (χ0n) is 7.93. The number of hydrogen-bond acceptors (Lipinski definition) is 3. The molecule has 0 saturated heterocycles. The van der Waals surface area contributed by atoms with E-state index in [2.05, 4.69) is 35.5 Å². The lowest BCUT2D eigenvalue weighted by Gasteiger charge is -2.16. The van der Waals surface area contributed by atoms with Gasteiger partial charge in [-0.3, -0.25) is 9.90 Å². The number of hydroxylamine groups is 2. The summed E-state index contributed by atoms with van der Waals surface area (Å²) in [6.07, 6.45) is 0. The molecular formula is C9H12BrNOS. The molecule has 2 nitrogen and oxygen atoms in total. The lowest BCUT2D eigenvalue weighted by Crippen LogP contribution is -2.12. The molecule has 0 unspecified atom stereocenters. The van der Waals surface area contributed by atoms with Crippen molar-refractivity contribution in [2.24, 2.45) is 0 Å². The molecule has 13 heavy (non-hydrogen) atoms. The van der Waals surface area contributed by atoms with Crippen LogP contribution in [0.3, 0.4) is 0 Å². The Kier molecular flexibility index (Phi) is 3.53. The van der Waals surface area contributed by atoms with E-state index >= 15 is 0 Å². The molecule has 1 heterocycles. The van der Waals surface area contributed by atoms with Crippen molar-refractivity contribution < 1.29 is 4.84 Å². The first-order valence-corrected chi connectivity index (χ1v) is 5.40. The molecule has 0 bridgehead atoms. The number of thiophene rings is 1. The Morgan fingerprint density at radius 1 is 1.69 bits per heavy atom. The highest BCUT2D eigenvalue weighted by Crippen LogP contribution is 2.32. The summed E-state index contributed by atoms with van der Waals surface area (Å²) in [5.74, 6) is 0. The lowest BCUT2D eigenvalue weighted by molar-refractivity contribution is -0.0522. The maximum absolute atomic E-state index is 5.04. The first-order valence-electron chi connectivity index (χ1n) is 3.79. The Morgan fingerprint density at radius 3 is 2.69 bits per heavy atom. The molecule has 0 spiro atoms. The average molecular weight is 262 g/mol. The Labute approximate surface area is 90.9 Å². The smallest absolute Gasteiger partial charge is 0.0734 e. The predicted molar refractivity (Wildman–Crippen MR) is 60.6 cm³/mol. The first kappa shape index (κ1) is 10.8. The van der Waals surface area contributed by atoms with Crippen molar-refractivity contribution in [2.45, 2.75) is 6.92 Å². The van der Waals surface area contributed by atoms with Crippen molar-refractivity contribution in [3.63, 3.8) is 0 Å². The monoisotopic (exact) mass is 261 g/mol. The van der Waals surface area contributed by atoms with Crippen LogP contribution >= 0.6 is 27.3 Å². The van der Waals surface area contributed by atoms with Gasteiger partial charge in [0.25, 0.3) is 0 Å². The summed E-state index contributed by atoms with van der Waals surface area (Å²) >= 11 is 5.14. The van der Waals surface area contributed by atoms with E-state index in [4.69, 9.17) is 4.84 Å². The van der Waals surface area contributed by atoms with Gasteiger partial charge >= 0.3 is 0 Å². The van der Waals surface area contributed by atoms with Gasteiger partial charge in [0.05, 0.1) is 21.5 Å². The SMILES string of the molecule is C=C(c1cc(C)c(Br)s1)N(C)OC. The van der Waals surface area contributed by atoms with E-state index < -0.39 is 0 Å². The van der Waals surface area contributed by atoms with E-state index in [0.717, 1.165) is 14.4 Å². The number of halogens is 1. The van der Waals surface area contributed by atoms with E-state index in [1.54, 1.807) is 23.5 Å². The van der Waals surface area contributed by atoms with Gasteiger partial charge in [0, 0.05) is 7.05 Å². The van der Waals surface area contributed by atoms with Crippen LogP contribution in [0.5, 0.6) is 0 Å². The van der Waals surface area contributed by atoms with Crippen LogP contribution in [0.15, 0.2) is 16.4 Å². The molecule has 0 radical (unpaired) electrons. The fraction of sp³-hybridized carbons (Fsp3) is 0.333. The molecule has 72 valence electrons. The molecule has 1 rings (SSSR count). The van der Waals surface area contributed by atoms with Crippen molar-refractivity contribution in [2.75, 3.05) is 14.2 Å². The summed E-state index contributed by atoms with van der Waals surface area (Å²) in [6.45, 7) is 6.00. The van der Waals surface area contributed by atoms with Gasteiger partial charge in [0.2, 0.25) is 0 Å². The van der Waals surface area contributed by atoms with Gasteiger partial charge in [0.1, 0.15) is 0 Å². The molecule has 0 N–H and O–H groups in total. The molecule has 4 heteroatoms. The van der Waals surface area contributed by atoms with E-state index in [1.807, 2.05) is 7.05 Å². The third kappa shape index (κ3) is 2.33. The van der Waals surface area contributed by atoms with Crippen LogP contribution < -0.4 is 0 Å². The van der Waals surface area contributed by atoms with Gasteiger partial charge in [0.15, 0.2) is 0 Å². The van der Waals surface area contributed by atoms with Crippen LogP contribution in [0.1, 0.15) is 10.4 Å². The van der Waals surface area contributed by atoms with E-state index in [1.165, 1.54) is 5.56 Å². The second-order valence-corrected chi connectivity index (χ2v) is 5.06. The largest absolute Gasteiger partial charge is 0.277 e. The second-order valence-electron chi connectivity index (χ2n) is 2.69. The number of aryl methyl sites for hydroxylation is 1. The topological polar surface area (TPSA) is 12.5 Å². The Balaban J connectivity index is 2.89. The average Bonchev–Trinajstić information content (AvgIpc) is 2.44. The quantitative estimate of drug-likeness (QED) is 0.775. The fourth-order valence-electron chi connectivity index (χ4n) is 0.867. The van der Waals surface area contributed by atoms with Crippen LogP contribution in [0.2, 0.25) is 0 Å². The van der Waals surface area contributed by atoms with Crippen molar-refractivity contribution in [1.29, 1.82) is 0 Å². The normalized spacial score (nSPS) is 10.2. The maximum atomic E-state index is 5.04. The third-order valence-electron chi connectivity index (χ3n) is 1.80. The molecule has 1 aromatic rings. The van der Waals surface area contributed by atoms with E-state index in [-0.39, 0.29) is 0 Å². The number of hydrogen-bond donors (Lipinski definition) is 0. The highest BCUT2D eigenvalue weighted by Gasteiger charge is 2.09. The van der Waals surface area contributed by atoms with Crippen molar-refractivity contribution in [1.82, 2.24) is 5.06 Å². The van der Waals surface area contributed by atoms with Gasteiger partial charge in [-0.15, -0.1) is 11.3 Å². The van der Waals surface area contributed by atoms with Crippen LogP contribution in [0.4, 0.5) is 0 Å². The van der Waals surface area contributed by atoms with Gasteiger partial charge < -0.3 is 0 Å². The molecule has 1 aromatic heterocycles. The fourth-order valence-corrected chi connectivity index (χ4v) is 2.40. The zero-order chi connectivity index (χ0) is 10.0. The third-order valence-corrected chi connectivity index (χ3v) is 3.98. The van der Waals surface area contributed by atoms with E-state index in [9.17, 15) is 0 Å². The summed E-state index contributed by atoms with van der Waals surface area (Å²) in [6, 6.07) is 2.09. The van der Waals surface area contributed by atoms with Gasteiger partial charge in [-0.1, -0.05) is 6.58 Å². The highest BCUT2D eigenvalue weighted by atomic mass is 79.9. The lowest BCUT2D eigenvalue weighted by atomic mass is 10.3. The van der Waals surface area contributed by atoms with Gasteiger partial charge in [-0.25, -0.2) is 0 Å². The van der Waals surface area contributed by atoms with Gasteiger partial charge in [-0.2, -0.15) is 0 Å². The Hall–Kier alpha value is -0.320. The minimum Gasteiger partial charge on any atom is -0.277 e. The van der Waals surface area contributed by atoms with Crippen molar-refractivity contribution in [3.8, 4) is 0 Å². The summed E-state index contributed by atoms with van der Waals surface area (Å²) in [5, 5.41) is 1.65. The maximum Gasteiger partial charge on any atom is 0.0734 e. The Morgan fingerprint density at radius 2 is 2.31 bits per heavy atom.